The summed E-state index contributed by atoms with van der Waals surface area (Å²) in [7, 11) is 0. The van der Waals surface area contributed by atoms with Crippen LogP contribution in [0, 0.1) is 5.82 Å². The predicted molar refractivity (Wildman–Crippen MR) is 94.6 cm³/mol. The summed E-state index contributed by atoms with van der Waals surface area (Å²) in [5.41, 5.74) is 0.809. The number of halogens is 1. The molecule has 25 heavy (non-hydrogen) atoms. The van der Waals surface area contributed by atoms with Crippen LogP contribution < -0.4 is 5.32 Å². The average molecular weight is 344 g/mol. The molecule has 1 fully saturated rings. The molecule has 0 saturated carbocycles. The molecule has 1 amide bonds. The van der Waals surface area contributed by atoms with Crippen LogP contribution in [0.15, 0.2) is 47.1 Å². The SMILES string of the molecule is O=C(Cc1ccc(F)cc1)NCC(c1ccco1)N1CCCCCC1. The smallest absolute Gasteiger partial charge is 0.224 e. The van der Waals surface area contributed by atoms with E-state index in [1.807, 2.05) is 12.1 Å². The van der Waals surface area contributed by atoms with Gasteiger partial charge in [0.1, 0.15) is 11.6 Å². The summed E-state index contributed by atoms with van der Waals surface area (Å²) < 4.78 is 18.6. The molecule has 0 radical (unpaired) electrons. The van der Waals surface area contributed by atoms with Gasteiger partial charge >= 0.3 is 0 Å². The second-order valence-corrected chi connectivity index (χ2v) is 6.59. The van der Waals surface area contributed by atoms with Crippen LogP contribution in [0.5, 0.6) is 0 Å². The maximum Gasteiger partial charge on any atom is 0.224 e. The van der Waals surface area contributed by atoms with Crippen molar-refractivity contribution in [1.82, 2.24) is 10.2 Å². The average Bonchev–Trinajstić information content (AvgIpc) is 3.00. The van der Waals surface area contributed by atoms with Crippen molar-refractivity contribution in [3.05, 3.63) is 59.8 Å². The van der Waals surface area contributed by atoms with Crippen LogP contribution in [0.3, 0.4) is 0 Å². The summed E-state index contributed by atoms with van der Waals surface area (Å²) in [5, 5.41) is 3.02. The first-order valence-corrected chi connectivity index (χ1v) is 9.01. The van der Waals surface area contributed by atoms with Crippen LogP contribution in [0.25, 0.3) is 0 Å². The van der Waals surface area contributed by atoms with E-state index in [2.05, 4.69) is 10.2 Å². The number of benzene rings is 1. The van der Waals surface area contributed by atoms with E-state index in [1.54, 1.807) is 18.4 Å². The number of hydrogen-bond donors (Lipinski definition) is 1. The Hall–Kier alpha value is -2.14. The maximum atomic E-state index is 13.0. The van der Waals surface area contributed by atoms with Crippen molar-refractivity contribution in [3.63, 3.8) is 0 Å². The molecule has 0 aliphatic carbocycles. The van der Waals surface area contributed by atoms with Gasteiger partial charge in [0, 0.05) is 6.54 Å². The third-order valence-electron chi connectivity index (χ3n) is 4.72. The highest BCUT2D eigenvalue weighted by atomic mass is 19.1. The Bertz CT molecular complexity index is 647. The highest BCUT2D eigenvalue weighted by Gasteiger charge is 2.24. The first kappa shape index (κ1) is 17.7. The van der Waals surface area contributed by atoms with Crippen molar-refractivity contribution < 1.29 is 13.6 Å². The van der Waals surface area contributed by atoms with E-state index in [9.17, 15) is 9.18 Å². The predicted octanol–water partition coefficient (Wildman–Crippen LogP) is 3.69. The molecule has 1 aromatic heterocycles. The van der Waals surface area contributed by atoms with Crippen LogP contribution in [-0.4, -0.2) is 30.4 Å². The molecule has 5 heteroatoms. The summed E-state index contributed by atoms with van der Waals surface area (Å²) in [6.45, 7) is 2.58. The van der Waals surface area contributed by atoms with E-state index in [4.69, 9.17) is 4.42 Å². The number of carbonyl (C=O) groups excluding carboxylic acids is 1. The van der Waals surface area contributed by atoms with E-state index in [1.165, 1.54) is 37.8 Å². The first-order valence-electron chi connectivity index (χ1n) is 9.01. The molecule has 4 nitrogen and oxygen atoms in total. The van der Waals surface area contributed by atoms with Crippen LogP contribution in [-0.2, 0) is 11.2 Å². The lowest BCUT2D eigenvalue weighted by atomic mass is 10.1. The third kappa shape index (κ3) is 5.16. The van der Waals surface area contributed by atoms with Crippen molar-refractivity contribution >= 4 is 5.91 Å². The van der Waals surface area contributed by atoms with Gasteiger partial charge < -0.3 is 9.73 Å². The van der Waals surface area contributed by atoms with Gasteiger partial charge in [0.05, 0.1) is 18.7 Å². The second kappa shape index (κ2) is 8.81. The first-order chi connectivity index (χ1) is 12.2. The van der Waals surface area contributed by atoms with Crippen LogP contribution in [0.4, 0.5) is 4.39 Å². The quantitative estimate of drug-likeness (QED) is 0.869. The Morgan fingerprint density at radius 2 is 1.84 bits per heavy atom. The third-order valence-corrected chi connectivity index (χ3v) is 4.72. The lowest BCUT2D eigenvalue weighted by Gasteiger charge is -2.29. The molecular formula is C20H25FN2O2. The minimum atomic E-state index is -0.289. The van der Waals surface area contributed by atoms with Crippen molar-refractivity contribution in [2.45, 2.75) is 38.1 Å². The number of rotatable bonds is 6. The fourth-order valence-corrected chi connectivity index (χ4v) is 3.36. The summed E-state index contributed by atoms with van der Waals surface area (Å²) in [5.74, 6) is 0.546. The topological polar surface area (TPSA) is 45.5 Å². The highest BCUT2D eigenvalue weighted by Crippen LogP contribution is 2.24. The minimum Gasteiger partial charge on any atom is -0.468 e. The lowest BCUT2D eigenvalue weighted by Crippen LogP contribution is -2.39. The van der Waals surface area contributed by atoms with Gasteiger partial charge in [-0.2, -0.15) is 0 Å². The molecule has 1 aliphatic rings. The van der Waals surface area contributed by atoms with Gasteiger partial charge in [-0.1, -0.05) is 25.0 Å². The Kier molecular flexibility index (Phi) is 6.23. The molecule has 3 rings (SSSR count). The molecule has 1 unspecified atom stereocenters. The monoisotopic (exact) mass is 344 g/mol. The van der Waals surface area contributed by atoms with E-state index in [0.29, 0.717) is 6.54 Å². The summed E-state index contributed by atoms with van der Waals surface area (Å²) in [6.07, 6.45) is 6.82. The number of amides is 1. The molecule has 2 aromatic rings. The standard InChI is InChI=1S/C20H25FN2O2/c21-17-9-7-16(8-10-17)14-20(24)22-15-18(19-6-5-13-25-19)23-11-3-1-2-4-12-23/h5-10,13,18H,1-4,11-12,14-15H2,(H,22,24). The van der Waals surface area contributed by atoms with Crippen molar-refractivity contribution in [2.24, 2.45) is 0 Å². The molecule has 0 bridgehead atoms. The lowest BCUT2D eigenvalue weighted by molar-refractivity contribution is -0.120. The van der Waals surface area contributed by atoms with E-state index in [-0.39, 0.29) is 24.2 Å². The van der Waals surface area contributed by atoms with Gasteiger partial charge in [-0.15, -0.1) is 0 Å². The van der Waals surface area contributed by atoms with Crippen LogP contribution in [0.2, 0.25) is 0 Å². The molecule has 1 saturated heterocycles. The van der Waals surface area contributed by atoms with Gasteiger partial charge in [-0.05, 0) is 55.8 Å². The summed E-state index contributed by atoms with van der Waals surface area (Å²) >= 11 is 0. The number of nitrogens with one attached hydrogen (secondary N) is 1. The Morgan fingerprint density at radius 3 is 2.48 bits per heavy atom. The van der Waals surface area contributed by atoms with Gasteiger partial charge in [0.2, 0.25) is 5.91 Å². The Morgan fingerprint density at radius 1 is 1.12 bits per heavy atom. The molecule has 1 aromatic carbocycles. The Balaban J connectivity index is 1.60. The fourth-order valence-electron chi connectivity index (χ4n) is 3.36. The molecule has 1 atom stereocenters. The van der Waals surface area contributed by atoms with E-state index >= 15 is 0 Å². The van der Waals surface area contributed by atoms with Crippen molar-refractivity contribution in [1.29, 1.82) is 0 Å². The molecule has 1 aliphatic heterocycles. The molecule has 1 N–H and O–H groups in total. The van der Waals surface area contributed by atoms with Gasteiger partial charge in [-0.25, -0.2) is 4.39 Å². The van der Waals surface area contributed by atoms with Gasteiger partial charge in [0.15, 0.2) is 0 Å². The Labute approximate surface area is 148 Å². The fraction of sp³-hybridized carbons (Fsp3) is 0.450. The zero-order valence-electron chi connectivity index (χ0n) is 14.4. The number of carbonyl (C=O) groups is 1. The largest absolute Gasteiger partial charge is 0.468 e. The summed E-state index contributed by atoms with van der Waals surface area (Å²) in [6, 6.07) is 9.98. The number of likely N-dealkylation sites (tertiary alicyclic amines) is 1. The maximum absolute atomic E-state index is 13.0. The number of nitrogens with zero attached hydrogens (tertiary/aromatic N) is 1. The van der Waals surface area contributed by atoms with E-state index < -0.39 is 0 Å². The summed E-state index contributed by atoms with van der Waals surface area (Å²) in [4.78, 5) is 14.7. The molecule has 134 valence electrons. The molecule has 0 spiro atoms. The highest BCUT2D eigenvalue weighted by molar-refractivity contribution is 5.78. The molecular weight excluding hydrogens is 319 g/mol. The zero-order chi connectivity index (χ0) is 17.5. The van der Waals surface area contributed by atoms with Gasteiger partial charge in [0.25, 0.3) is 0 Å². The number of furan rings is 1. The van der Waals surface area contributed by atoms with Crippen LogP contribution >= 0.6 is 0 Å². The van der Waals surface area contributed by atoms with Crippen molar-refractivity contribution in [2.75, 3.05) is 19.6 Å². The molecule has 2 heterocycles. The van der Waals surface area contributed by atoms with Gasteiger partial charge in [-0.3, -0.25) is 9.69 Å². The van der Waals surface area contributed by atoms with E-state index in [0.717, 1.165) is 24.4 Å². The van der Waals surface area contributed by atoms with Crippen molar-refractivity contribution in [3.8, 4) is 0 Å². The minimum absolute atomic E-state index is 0.0574. The number of hydrogen-bond acceptors (Lipinski definition) is 3. The zero-order valence-corrected chi connectivity index (χ0v) is 14.4. The second-order valence-electron chi connectivity index (χ2n) is 6.59. The normalized spacial score (nSPS) is 17.0. The van der Waals surface area contributed by atoms with Crippen LogP contribution in [0.1, 0.15) is 43.0 Å².